The molecule has 3 aromatic rings. The fourth-order valence-electron chi connectivity index (χ4n) is 10.7. The van der Waals surface area contributed by atoms with Crippen LogP contribution in [0.1, 0.15) is 94.5 Å². The first-order valence-electron chi connectivity index (χ1n) is 27.8. The second-order valence-electron chi connectivity index (χ2n) is 22.9. The van der Waals surface area contributed by atoms with Crippen molar-refractivity contribution in [3.05, 3.63) is 71.5 Å². The predicted molar refractivity (Wildman–Crippen MR) is 300 cm³/mol. The monoisotopic (exact) mass is 1190 g/mol. The number of carboxylic acid groups (broad SMARTS) is 4. The normalized spacial score (nSPS) is 17.1. The van der Waals surface area contributed by atoms with E-state index < -0.39 is 123 Å². The van der Waals surface area contributed by atoms with Gasteiger partial charge in [0.15, 0.2) is 0 Å². The van der Waals surface area contributed by atoms with Gasteiger partial charge >= 0.3 is 12.1 Å². The summed E-state index contributed by atoms with van der Waals surface area (Å²) in [5, 5.41) is 55.5. The van der Waals surface area contributed by atoms with Gasteiger partial charge in [0.25, 0.3) is 20.2 Å². The van der Waals surface area contributed by atoms with E-state index in [1.807, 2.05) is 41.5 Å². The number of fused-ring (bicyclic) bond motifs is 1. The summed E-state index contributed by atoms with van der Waals surface area (Å²) in [5.74, 6) is -8.49. The number of nitrogens with zero attached hydrogens (tertiary/aromatic N) is 8. The van der Waals surface area contributed by atoms with Gasteiger partial charge in [-0.05, 0) is 64.9 Å². The van der Waals surface area contributed by atoms with Gasteiger partial charge in [0, 0.05) is 115 Å². The second-order valence-corrected chi connectivity index (χ2v) is 27.7. The van der Waals surface area contributed by atoms with Gasteiger partial charge in [-0.15, -0.1) is 0 Å². The van der Waals surface area contributed by atoms with E-state index in [9.17, 15) is 63.6 Å². The minimum atomic E-state index is -3.69. The van der Waals surface area contributed by atoms with Crippen LogP contribution in [0.5, 0.6) is 5.75 Å². The highest BCUT2D eigenvalue weighted by molar-refractivity contribution is 6.90. The van der Waals surface area contributed by atoms with Crippen LogP contribution < -0.4 is 46.5 Å². The number of carbonyl (C=O) groups excluding carboxylic acids is 8. The summed E-state index contributed by atoms with van der Waals surface area (Å²) in [7, 11) is -3.69. The fourth-order valence-corrected chi connectivity index (χ4v) is 15.3. The van der Waals surface area contributed by atoms with E-state index in [2.05, 4.69) is 36.1 Å². The fraction of sp³-hybridized carbons (Fsp3) is 0.571. The number of ether oxygens (including phenoxy) is 1. The first kappa shape index (κ1) is 67.1. The molecule has 1 aromatic heterocycles. The molecule has 3 heterocycles. The predicted octanol–water partition coefficient (Wildman–Crippen LogP) is -2.55. The molecule has 2 saturated heterocycles. The molecule has 28 heteroatoms. The van der Waals surface area contributed by atoms with Gasteiger partial charge in [-0.25, -0.2) is 16.5 Å². The van der Waals surface area contributed by atoms with Crippen LogP contribution in [0.25, 0.3) is 15.7 Å². The number of halogens is 1. The summed E-state index contributed by atoms with van der Waals surface area (Å²) in [6.07, 6.45) is 1.29. The maximum atomic E-state index is 17.1. The molecule has 2 aromatic carbocycles. The molecule has 0 saturated carbocycles. The van der Waals surface area contributed by atoms with E-state index in [4.69, 9.17) is 11.3 Å². The van der Waals surface area contributed by atoms with E-state index in [0.29, 0.717) is 41.2 Å². The summed E-state index contributed by atoms with van der Waals surface area (Å²) >= 11 is 0. The van der Waals surface area contributed by atoms with Gasteiger partial charge in [-0.3, -0.25) is 58.1 Å². The van der Waals surface area contributed by atoms with Crippen LogP contribution >= 0.6 is 0 Å². The van der Waals surface area contributed by atoms with E-state index in [1.54, 1.807) is 30.3 Å². The third-order valence-electron chi connectivity index (χ3n) is 14.8. The molecule has 0 bridgehead atoms. The zero-order valence-electron chi connectivity index (χ0n) is 48.4. The van der Waals surface area contributed by atoms with E-state index in [0.717, 1.165) is 0 Å². The summed E-state index contributed by atoms with van der Waals surface area (Å²) in [5.41, 5.74) is 0.553. The van der Waals surface area contributed by atoms with E-state index in [1.165, 1.54) is 43.0 Å². The Labute approximate surface area is 488 Å². The zero-order valence-corrected chi connectivity index (χ0v) is 49.4. The average Bonchev–Trinajstić information content (AvgIpc) is 1.40. The van der Waals surface area contributed by atoms with Crippen molar-refractivity contribution in [3.63, 3.8) is 0 Å². The van der Waals surface area contributed by atoms with Crippen LogP contribution in [0.2, 0.25) is 10.1 Å². The molecule has 0 radical (unpaired) electrons. The van der Waals surface area contributed by atoms with Gasteiger partial charge < -0.3 is 64.9 Å². The van der Waals surface area contributed by atoms with Crippen molar-refractivity contribution in [1.82, 2.24) is 55.7 Å². The zero-order chi connectivity index (χ0) is 61.9. The van der Waals surface area contributed by atoms with Crippen molar-refractivity contribution in [2.75, 3.05) is 105 Å². The molecule has 0 unspecified atom stereocenters. The number of carbonyl (C=O) groups is 9. The van der Waals surface area contributed by atoms with Crippen molar-refractivity contribution in [1.29, 1.82) is 0 Å². The molecular formula is C56H76FN12O14Si-3. The number of carboxylic acids is 4. The second kappa shape index (κ2) is 30.7. The standard InChI is InChI=1S/C56H79FN12O14Si/c1-55(2,3)84(57,56(4,5)6)39-14-11-37(12-15-39)51(78)60-31-42(52(79)59-19-9-29-83-38-13-16-41-40(30-38)50(63-36-62-41)53(80)61-32-46(71)69-20-8-10-44(69)58-7)64-45(70)18-17-43(54(81)82)68-27-25-66(34-48(74)75)23-21-65(33-47(72)73)22-24-67(26-28-68)35-49(76)77/h11-16,30,36,42-44H,8-10,17-29,31-35H2,1-6H3,(H,59,79)(H,60,78)(H,61,80)(H,64,70)(H,72,73)(H,74,75)(H,76,77)(H,81,82)/p-3/t42-,43-,44+/m1/s1. The topological polar surface area (TPSA) is 347 Å². The minimum absolute atomic E-state index is 0.00441. The SMILES string of the molecule is [C-]#[N+][C@@H]1CCCN1C(=O)CNC(=O)c1ncnc2ccc(OCCCNC(=O)[C@@H](CNC(=O)c3ccc([Si](F)(C(C)(C)C)C(C)(C)C)cc3)NC(=O)CC[C@H](C(=O)O)N3CCN(CC(=O)[O-])CCN(CC(=O)[O-])CCN(CC(=O)[O-])CC3)cc12. The van der Waals surface area contributed by atoms with Crippen molar-refractivity contribution in [2.45, 2.75) is 102 Å². The van der Waals surface area contributed by atoms with Crippen molar-refractivity contribution in [3.8, 4) is 5.75 Å². The Morgan fingerprint density at radius 2 is 1.35 bits per heavy atom. The highest BCUT2D eigenvalue weighted by Gasteiger charge is 2.56. The largest absolute Gasteiger partial charge is 0.549 e. The van der Waals surface area contributed by atoms with Crippen molar-refractivity contribution in [2.24, 2.45) is 0 Å². The molecular weight excluding hydrogens is 1110 g/mol. The summed E-state index contributed by atoms with van der Waals surface area (Å²) in [6, 6.07) is 8.14. The molecule has 5 rings (SSSR count). The molecule has 2 aliphatic rings. The summed E-state index contributed by atoms with van der Waals surface area (Å²) in [6.45, 7) is 16.3. The lowest BCUT2D eigenvalue weighted by Gasteiger charge is -2.44. The lowest BCUT2D eigenvalue weighted by Crippen LogP contribution is -2.57. The molecule has 0 aliphatic carbocycles. The third kappa shape index (κ3) is 19.2. The van der Waals surface area contributed by atoms with Gasteiger partial charge in [-0.2, -0.15) is 0 Å². The first-order chi connectivity index (χ1) is 39.6. The molecule has 2 fully saturated rings. The Balaban J connectivity index is 1.28. The molecule has 26 nitrogen and oxygen atoms in total. The number of likely N-dealkylation sites (tertiary alicyclic amines) is 1. The molecule has 5 N–H and O–H groups in total. The minimum Gasteiger partial charge on any atom is -0.549 e. The molecule has 0 spiro atoms. The van der Waals surface area contributed by atoms with Crippen LogP contribution in [0.3, 0.4) is 0 Å². The van der Waals surface area contributed by atoms with Crippen LogP contribution in [-0.4, -0.2) is 224 Å². The highest BCUT2D eigenvalue weighted by atomic mass is 28.4. The van der Waals surface area contributed by atoms with Crippen LogP contribution in [0.4, 0.5) is 4.11 Å². The number of rotatable bonds is 25. The van der Waals surface area contributed by atoms with Gasteiger partial charge in [0.05, 0.1) is 36.6 Å². The van der Waals surface area contributed by atoms with Crippen LogP contribution in [0, 0.1) is 6.57 Å². The third-order valence-corrected chi connectivity index (χ3v) is 20.1. The Morgan fingerprint density at radius 3 is 1.88 bits per heavy atom. The van der Waals surface area contributed by atoms with Crippen molar-refractivity contribution >= 4 is 77.9 Å². The molecule has 458 valence electrons. The Morgan fingerprint density at radius 1 is 0.774 bits per heavy atom. The summed E-state index contributed by atoms with van der Waals surface area (Å²) in [4.78, 5) is 134. The Kier molecular flexibility index (Phi) is 24.5. The van der Waals surface area contributed by atoms with Crippen LogP contribution in [-0.2, 0) is 33.6 Å². The lowest BCUT2D eigenvalue weighted by molar-refractivity contribution is -0.308. The number of aliphatic carboxylic acids is 4. The lowest BCUT2D eigenvalue weighted by atomic mass is 10.1. The smallest absolute Gasteiger partial charge is 0.320 e. The number of aromatic nitrogens is 2. The first-order valence-corrected chi connectivity index (χ1v) is 29.7. The Bertz CT molecular complexity index is 2840. The van der Waals surface area contributed by atoms with E-state index >= 15 is 4.11 Å². The number of hydrogen-bond donors (Lipinski definition) is 5. The average molecular weight is 1190 g/mol. The Hall–Kier alpha value is -7.71. The maximum Gasteiger partial charge on any atom is 0.320 e. The molecule has 5 amide bonds. The summed E-state index contributed by atoms with van der Waals surface area (Å²) < 4.78 is 23.0. The number of benzene rings is 2. The van der Waals surface area contributed by atoms with Gasteiger partial charge in [-0.1, -0.05) is 53.7 Å². The van der Waals surface area contributed by atoms with E-state index in [-0.39, 0.29) is 96.2 Å². The van der Waals surface area contributed by atoms with Gasteiger partial charge in [0.2, 0.25) is 17.7 Å². The molecule has 84 heavy (non-hydrogen) atoms. The number of hydrogen-bond acceptors (Lipinski definition) is 19. The molecule has 2 aliphatic heterocycles. The number of amides is 5. The van der Waals surface area contributed by atoms with Gasteiger partial charge in [0.1, 0.15) is 29.9 Å². The molecule has 3 atom stereocenters. The van der Waals surface area contributed by atoms with Crippen LogP contribution in [0.15, 0.2) is 48.8 Å². The van der Waals surface area contributed by atoms with Crippen molar-refractivity contribution < 1.29 is 72.4 Å². The highest BCUT2D eigenvalue weighted by Crippen LogP contribution is 2.51. The maximum absolute atomic E-state index is 17.1. The quantitative estimate of drug-likeness (QED) is 0.0252. The number of nitrogens with one attached hydrogen (secondary N) is 4.